The minimum Gasteiger partial charge on any atom is -0.390 e. The van der Waals surface area contributed by atoms with Gasteiger partial charge in [0.25, 0.3) is 5.91 Å². The van der Waals surface area contributed by atoms with Crippen molar-refractivity contribution in [3.8, 4) is 0 Å². The number of fused-ring (bicyclic) bond motifs is 1. The molecule has 2 atom stereocenters. The minimum absolute atomic E-state index is 0.152. The van der Waals surface area contributed by atoms with E-state index in [0.717, 1.165) is 11.1 Å². The number of halogens is 2. The number of carbonyl (C=O) groups excluding carboxylic acids is 1. The molecule has 0 unspecified atom stereocenters. The SMILES string of the molecule is CN(C(=O)c1cccn1C)[C@H]1c2cc(Cl)cc(Cl)c2C[C@@H]1O. The molecule has 0 radical (unpaired) electrons. The van der Waals surface area contributed by atoms with Gasteiger partial charge in [0.2, 0.25) is 0 Å². The van der Waals surface area contributed by atoms with Crippen LogP contribution in [0, 0.1) is 0 Å². The number of aryl methyl sites for hydroxylation is 1. The number of likely N-dealkylation sites (N-methyl/N-ethyl adjacent to an activating group) is 1. The smallest absolute Gasteiger partial charge is 0.270 e. The summed E-state index contributed by atoms with van der Waals surface area (Å²) in [5.74, 6) is -0.152. The second kappa shape index (κ2) is 5.61. The van der Waals surface area contributed by atoms with Crippen molar-refractivity contribution in [3.63, 3.8) is 0 Å². The normalized spacial score (nSPS) is 20.0. The third-order valence-corrected chi connectivity index (χ3v) is 4.75. The van der Waals surface area contributed by atoms with Crippen molar-refractivity contribution in [2.45, 2.75) is 18.6 Å². The van der Waals surface area contributed by atoms with Crippen LogP contribution < -0.4 is 0 Å². The highest BCUT2D eigenvalue weighted by Crippen LogP contribution is 2.41. The zero-order valence-corrected chi connectivity index (χ0v) is 13.8. The standard InChI is InChI=1S/C16H16Cl2N2O2/c1-19-5-3-4-13(19)16(22)20(2)15-11-6-9(17)7-12(18)10(11)8-14(15)21/h3-7,14-15,21H,8H2,1-2H3/t14-,15-/m0/s1. The van der Waals surface area contributed by atoms with E-state index < -0.39 is 12.1 Å². The molecule has 0 spiro atoms. The Morgan fingerprint density at radius 3 is 2.77 bits per heavy atom. The van der Waals surface area contributed by atoms with Gasteiger partial charge in [-0.2, -0.15) is 0 Å². The van der Waals surface area contributed by atoms with Crippen molar-refractivity contribution in [3.05, 3.63) is 57.3 Å². The van der Waals surface area contributed by atoms with E-state index >= 15 is 0 Å². The molecule has 4 nitrogen and oxygen atoms in total. The van der Waals surface area contributed by atoms with Gasteiger partial charge in [-0.25, -0.2) is 0 Å². The Labute approximate surface area is 138 Å². The molecule has 1 aliphatic rings. The van der Waals surface area contributed by atoms with Crippen LogP contribution in [-0.2, 0) is 13.5 Å². The van der Waals surface area contributed by atoms with Crippen LogP contribution in [0.1, 0.15) is 27.7 Å². The van der Waals surface area contributed by atoms with Gasteiger partial charge in [0.05, 0.1) is 12.1 Å². The topological polar surface area (TPSA) is 45.5 Å². The summed E-state index contributed by atoms with van der Waals surface area (Å²) >= 11 is 12.3. The fraction of sp³-hybridized carbons (Fsp3) is 0.312. The molecule has 22 heavy (non-hydrogen) atoms. The van der Waals surface area contributed by atoms with Crippen molar-refractivity contribution < 1.29 is 9.90 Å². The number of rotatable bonds is 2. The minimum atomic E-state index is -0.694. The van der Waals surface area contributed by atoms with E-state index in [1.54, 1.807) is 34.7 Å². The quantitative estimate of drug-likeness (QED) is 0.914. The average Bonchev–Trinajstić information content (AvgIpc) is 3.01. The Morgan fingerprint density at radius 2 is 2.14 bits per heavy atom. The van der Waals surface area contributed by atoms with E-state index in [-0.39, 0.29) is 5.91 Å². The van der Waals surface area contributed by atoms with Gasteiger partial charge in [0.15, 0.2) is 0 Å². The van der Waals surface area contributed by atoms with Crippen LogP contribution in [0.4, 0.5) is 0 Å². The maximum absolute atomic E-state index is 12.7. The Hall–Kier alpha value is -1.49. The van der Waals surface area contributed by atoms with Gasteiger partial charge < -0.3 is 14.6 Å². The highest BCUT2D eigenvalue weighted by Gasteiger charge is 2.38. The summed E-state index contributed by atoms with van der Waals surface area (Å²) in [6.07, 6.45) is 1.54. The molecule has 116 valence electrons. The fourth-order valence-electron chi connectivity index (χ4n) is 3.09. The zero-order valence-electron chi connectivity index (χ0n) is 12.3. The first-order valence-electron chi connectivity index (χ1n) is 6.94. The maximum atomic E-state index is 12.7. The lowest BCUT2D eigenvalue weighted by atomic mass is 10.1. The van der Waals surface area contributed by atoms with Crippen molar-refractivity contribution in [1.29, 1.82) is 0 Å². The first kappa shape index (κ1) is 15.4. The fourth-order valence-corrected chi connectivity index (χ4v) is 3.67. The number of hydrogen-bond donors (Lipinski definition) is 1. The van der Waals surface area contributed by atoms with Gasteiger partial charge in [-0.05, 0) is 35.4 Å². The summed E-state index contributed by atoms with van der Waals surface area (Å²) in [4.78, 5) is 14.2. The Balaban J connectivity index is 1.99. The third kappa shape index (κ3) is 2.41. The lowest BCUT2D eigenvalue weighted by Crippen LogP contribution is -2.36. The lowest BCUT2D eigenvalue weighted by Gasteiger charge is -2.28. The predicted octanol–water partition coefficient (Wildman–Crippen LogP) is 3.06. The van der Waals surface area contributed by atoms with E-state index in [1.807, 2.05) is 19.3 Å². The number of aliphatic hydroxyl groups excluding tert-OH is 1. The maximum Gasteiger partial charge on any atom is 0.270 e. The van der Waals surface area contributed by atoms with Gasteiger partial charge in [0.1, 0.15) is 5.69 Å². The van der Waals surface area contributed by atoms with Crippen molar-refractivity contribution in [2.24, 2.45) is 7.05 Å². The number of nitrogens with zero attached hydrogens (tertiary/aromatic N) is 2. The molecule has 0 aliphatic heterocycles. The van der Waals surface area contributed by atoms with Crippen LogP contribution in [0.3, 0.4) is 0 Å². The number of amides is 1. The van der Waals surface area contributed by atoms with E-state index in [2.05, 4.69) is 0 Å². The molecule has 3 rings (SSSR count). The summed E-state index contributed by atoms with van der Waals surface area (Å²) in [6.45, 7) is 0. The molecule has 1 aromatic heterocycles. The largest absolute Gasteiger partial charge is 0.390 e. The monoisotopic (exact) mass is 338 g/mol. The van der Waals surface area contributed by atoms with E-state index in [1.165, 1.54) is 0 Å². The predicted molar refractivity (Wildman–Crippen MR) is 86.4 cm³/mol. The molecule has 2 aromatic rings. The van der Waals surface area contributed by atoms with Gasteiger partial charge in [-0.3, -0.25) is 4.79 Å². The number of benzene rings is 1. The number of aliphatic hydroxyl groups is 1. The second-order valence-electron chi connectivity index (χ2n) is 5.59. The first-order valence-corrected chi connectivity index (χ1v) is 7.70. The Kier molecular flexibility index (Phi) is 3.93. The van der Waals surface area contributed by atoms with Gasteiger partial charge in [-0.1, -0.05) is 23.2 Å². The molecule has 1 aromatic carbocycles. The van der Waals surface area contributed by atoms with Crippen molar-refractivity contribution in [2.75, 3.05) is 7.05 Å². The lowest BCUT2D eigenvalue weighted by molar-refractivity contribution is 0.0489. The van der Waals surface area contributed by atoms with Crippen LogP contribution in [0.15, 0.2) is 30.5 Å². The second-order valence-corrected chi connectivity index (χ2v) is 6.44. The summed E-state index contributed by atoms with van der Waals surface area (Å²) < 4.78 is 1.76. The summed E-state index contributed by atoms with van der Waals surface area (Å²) in [7, 11) is 3.50. The third-order valence-electron chi connectivity index (χ3n) is 4.19. The van der Waals surface area contributed by atoms with Crippen LogP contribution in [-0.4, -0.2) is 33.6 Å². The molecular weight excluding hydrogens is 323 g/mol. The van der Waals surface area contributed by atoms with Crippen LogP contribution >= 0.6 is 23.2 Å². The van der Waals surface area contributed by atoms with Crippen LogP contribution in [0.5, 0.6) is 0 Å². The van der Waals surface area contributed by atoms with Gasteiger partial charge >= 0.3 is 0 Å². The average molecular weight is 339 g/mol. The first-order chi connectivity index (χ1) is 10.4. The van der Waals surface area contributed by atoms with Gasteiger partial charge in [-0.15, -0.1) is 0 Å². The van der Waals surface area contributed by atoms with Crippen LogP contribution in [0.25, 0.3) is 0 Å². The molecular formula is C16H16Cl2N2O2. The molecule has 1 heterocycles. The summed E-state index contributed by atoms with van der Waals surface area (Å²) in [6, 6.07) is 6.56. The Bertz CT molecular complexity index is 742. The highest BCUT2D eigenvalue weighted by molar-refractivity contribution is 6.35. The van der Waals surface area contributed by atoms with Gasteiger partial charge in [0, 0.05) is 36.8 Å². The molecule has 1 amide bonds. The molecule has 0 fully saturated rings. The highest BCUT2D eigenvalue weighted by atomic mass is 35.5. The summed E-state index contributed by atoms with van der Waals surface area (Å²) in [5, 5.41) is 11.4. The molecule has 0 saturated carbocycles. The molecule has 1 N–H and O–H groups in total. The number of aromatic nitrogens is 1. The number of hydrogen-bond acceptors (Lipinski definition) is 2. The Morgan fingerprint density at radius 1 is 1.41 bits per heavy atom. The molecule has 1 aliphatic carbocycles. The van der Waals surface area contributed by atoms with E-state index in [4.69, 9.17) is 23.2 Å². The van der Waals surface area contributed by atoms with E-state index in [9.17, 15) is 9.90 Å². The summed E-state index contributed by atoms with van der Waals surface area (Å²) in [5.41, 5.74) is 2.24. The molecule has 6 heteroatoms. The number of carbonyl (C=O) groups is 1. The van der Waals surface area contributed by atoms with Crippen molar-refractivity contribution in [1.82, 2.24) is 9.47 Å². The zero-order chi connectivity index (χ0) is 16.0. The van der Waals surface area contributed by atoms with Crippen molar-refractivity contribution >= 4 is 29.1 Å². The molecule has 0 bridgehead atoms. The molecule has 0 saturated heterocycles. The van der Waals surface area contributed by atoms with E-state index in [0.29, 0.717) is 22.2 Å². The van der Waals surface area contributed by atoms with Crippen LogP contribution in [0.2, 0.25) is 10.0 Å².